The third kappa shape index (κ3) is 4.14. The first-order valence-corrected chi connectivity index (χ1v) is 8.83. The third-order valence-electron chi connectivity index (χ3n) is 4.75. The van der Waals surface area contributed by atoms with Gasteiger partial charge in [-0.3, -0.25) is 14.4 Å². The van der Waals surface area contributed by atoms with Gasteiger partial charge in [-0.15, -0.1) is 0 Å². The van der Waals surface area contributed by atoms with Crippen LogP contribution >= 0.6 is 0 Å². The summed E-state index contributed by atoms with van der Waals surface area (Å²) < 4.78 is 51.2. The second-order valence-electron chi connectivity index (χ2n) is 6.82. The van der Waals surface area contributed by atoms with Crippen LogP contribution in [0.5, 0.6) is 5.75 Å². The Bertz CT molecular complexity index is 1060. The number of nitrogens with one attached hydrogen (secondary N) is 1. The van der Waals surface area contributed by atoms with Crippen molar-refractivity contribution in [2.24, 2.45) is 7.05 Å². The van der Waals surface area contributed by atoms with Crippen LogP contribution in [0.15, 0.2) is 29.1 Å². The van der Waals surface area contributed by atoms with Gasteiger partial charge in [-0.2, -0.15) is 13.2 Å². The van der Waals surface area contributed by atoms with Crippen molar-refractivity contribution in [2.75, 3.05) is 13.1 Å². The van der Waals surface area contributed by atoms with Gasteiger partial charge in [-0.05, 0) is 24.1 Å². The van der Waals surface area contributed by atoms with Gasteiger partial charge in [0.2, 0.25) is 0 Å². The Morgan fingerprint density at radius 1 is 1.20 bits per heavy atom. The number of amides is 2. The molecule has 3 rings (SSSR count). The van der Waals surface area contributed by atoms with E-state index in [-0.39, 0.29) is 25.1 Å². The minimum Gasteiger partial charge on any atom is -0.502 e. The Morgan fingerprint density at radius 2 is 1.83 bits per heavy atom. The first kappa shape index (κ1) is 21.3. The van der Waals surface area contributed by atoms with Crippen molar-refractivity contribution in [1.82, 2.24) is 14.8 Å². The Kier molecular flexibility index (Phi) is 5.55. The number of rotatable bonds is 4. The number of aromatic nitrogens is 1. The van der Waals surface area contributed by atoms with Crippen LogP contribution in [-0.4, -0.2) is 45.7 Å². The van der Waals surface area contributed by atoms with Crippen molar-refractivity contribution in [1.29, 1.82) is 0 Å². The molecule has 0 fully saturated rings. The number of fused-ring (bicyclic) bond motifs is 1. The number of halogens is 4. The second-order valence-corrected chi connectivity index (χ2v) is 6.82. The summed E-state index contributed by atoms with van der Waals surface area (Å²) in [6.45, 7) is -1.47. The predicted molar refractivity (Wildman–Crippen MR) is 96.6 cm³/mol. The third-order valence-corrected chi connectivity index (χ3v) is 4.75. The molecule has 0 unspecified atom stereocenters. The van der Waals surface area contributed by atoms with E-state index in [0.717, 1.165) is 11.6 Å². The van der Waals surface area contributed by atoms with E-state index >= 15 is 0 Å². The summed E-state index contributed by atoms with van der Waals surface area (Å²) in [7, 11) is 1.13. The first-order valence-electron chi connectivity index (χ1n) is 8.83. The molecule has 2 N–H and O–H groups in total. The largest absolute Gasteiger partial charge is 0.502 e. The average molecular weight is 427 g/mol. The number of aromatic hydroxyl groups is 1. The molecule has 1 aromatic carbocycles. The fourth-order valence-corrected chi connectivity index (χ4v) is 3.33. The minimum absolute atomic E-state index is 0.00497. The summed E-state index contributed by atoms with van der Waals surface area (Å²) in [5.74, 6) is -3.26. The molecule has 0 aliphatic carbocycles. The van der Waals surface area contributed by atoms with E-state index in [2.05, 4.69) is 0 Å². The van der Waals surface area contributed by atoms with Gasteiger partial charge in [0.1, 0.15) is 18.1 Å². The lowest BCUT2D eigenvalue weighted by Gasteiger charge is -2.30. The number of carbonyl (C=O) groups excluding carboxylic acids is 2. The molecule has 0 saturated heterocycles. The number of hydrogen-bond donors (Lipinski definition) is 2. The van der Waals surface area contributed by atoms with E-state index in [0.29, 0.717) is 5.56 Å². The Balaban J connectivity index is 1.98. The van der Waals surface area contributed by atoms with Gasteiger partial charge < -0.3 is 19.9 Å². The molecule has 0 radical (unpaired) electrons. The fraction of sp³-hybridized carbons (Fsp3) is 0.316. The van der Waals surface area contributed by atoms with Crippen LogP contribution in [0.1, 0.15) is 32.0 Å². The van der Waals surface area contributed by atoms with E-state index < -0.39 is 52.9 Å². The van der Waals surface area contributed by atoms with E-state index in [1.807, 2.05) is 0 Å². The van der Waals surface area contributed by atoms with Crippen LogP contribution in [0.4, 0.5) is 17.6 Å². The normalized spacial score (nSPS) is 13.9. The lowest BCUT2D eigenvalue weighted by atomic mass is 9.95. The molecule has 2 aromatic rings. The summed E-state index contributed by atoms with van der Waals surface area (Å²) in [4.78, 5) is 38.9. The van der Waals surface area contributed by atoms with Crippen molar-refractivity contribution >= 4 is 11.8 Å². The van der Waals surface area contributed by atoms with E-state index in [1.54, 1.807) is 5.32 Å². The van der Waals surface area contributed by atoms with Crippen molar-refractivity contribution in [3.63, 3.8) is 0 Å². The average Bonchev–Trinajstić information content (AvgIpc) is 2.67. The number of nitrogens with zero attached hydrogens (tertiary/aromatic N) is 2. The highest BCUT2D eigenvalue weighted by Gasteiger charge is 2.35. The summed E-state index contributed by atoms with van der Waals surface area (Å²) in [6, 6.07) is 5.37. The fourth-order valence-electron chi connectivity index (χ4n) is 3.33. The summed E-state index contributed by atoms with van der Waals surface area (Å²) in [5.41, 5.74) is -1.31. The van der Waals surface area contributed by atoms with Crippen molar-refractivity contribution in [3.8, 4) is 5.75 Å². The van der Waals surface area contributed by atoms with Crippen molar-refractivity contribution < 1.29 is 32.3 Å². The molecule has 2 heterocycles. The van der Waals surface area contributed by atoms with Crippen LogP contribution in [0.25, 0.3) is 0 Å². The van der Waals surface area contributed by atoms with Gasteiger partial charge in [0.25, 0.3) is 17.4 Å². The van der Waals surface area contributed by atoms with Crippen LogP contribution in [-0.2, 0) is 20.0 Å². The van der Waals surface area contributed by atoms with Crippen LogP contribution in [0.3, 0.4) is 0 Å². The zero-order chi connectivity index (χ0) is 22.2. The second kappa shape index (κ2) is 7.81. The van der Waals surface area contributed by atoms with Gasteiger partial charge in [-0.1, -0.05) is 12.1 Å². The smallest absolute Gasteiger partial charge is 0.405 e. The number of alkyl halides is 3. The van der Waals surface area contributed by atoms with Crippen LogP contribution in [0, 0.1) is 5.82 Å². The number of pyridine rings is 1. The summed E-state index contributed by atoms with van der Waals surface area (Å²) >= 11 is 0. The highest BCUT2D eigenvalue weighted by atomic mass is 19.4. The van der Waals surface area contributed by atoms with Gasteiger partial charge in [0, 0.05) is 25.7 Å². The quantitative estimate of drug-likeness (QED) is 0.727. The van der Waals surface area contributed by atoms with Crippen molar-refractivity contribution in [3.05, 3.63) is 62.8 Å². The minimum atomic E-state index is -4.66. The maximum Gasteiger partial charge on any atom is 0.405 e. The first-order chi connectivity index (χ1) is 14.0. The molecule has 1 aromatic heterocycles. The number of hydrogen-bond acceptors (Lipinski definition) is 4. The molecule has 0 atom stereocenters. The van der Waals surface area contributed by atoms with Crippen molar-refractivity contribution in [2.45, 2.75) is 19.1 Å². The molecule has 30 heavy (non-hydrogen) atoms. The summed E-state index contributed by atoms with van der Waals surface area (Å²) in [6.07, 6.45) is -4.63. The SMILES string of the molecule is Cn1c(C(=O)NCC(F)(F)F)c2c(c(O)c1=O)C(=O)N(Cc1ccc(F)cc1)CC2. The molecule has 2 amide bonds. The highest BCUT2D eigenvalue weighted by Crippen LogP contribution is 2.28. The van der Waals surface area contributed by atoms with Gasteiger partial charge in [0.05, 0.1) is 5.56 Å². The lowest BCUT2D eigenvalue weighted by molar-refractivity contribution is -0.123. The number of benzene rings is 1. The zero-order valence-corrected chi connectivity index (χ0v) is 15.7. The maximum absolute atomic E-state index is 13.1. The standard InChI is InChI=1S/C19H17F4N3O4/c1-25-14(16(28)24-9-19(21,22)23)12-6-7-26(8-10-2-4-11(20)5-3-10)17(29)13(12)15(27)18(25)30/h2-5,27H,6-9H2,1H3,(H,24,28). The molecule has 0 saturated carbocycles. The Morgan fingerprint density at radius 3 is 2.43 bits per heavy atom. The lowest BCUT2D eigenvalue weighted by Crippen LogP contribution is -2.43. The molecular weight excluding hydrogens is 410 g/mol. The number of carbonyl (C=O) groups is 2. The zero-order valence-electron chi connectivity index (χ0n) is 15.7. The Hall–Kier alpha value is -3.37. The maximum atomic E-state index is 13.1. The van der Waals surface area contributed by atoms with Gasteiger partial charge in [0.15, 0.2) is 5.75 Å². The molecule has 0 spiro atoms. The molecule has 0 bridgehead atoms. The van der Waals surface area contributed by atoms with Gasteiger partial charge in [-0.25, -0.2) is 4.39 Å². The topological polar surface area (TPSA) is 91.6 Å². The van der Waals surface area contributed by atoms with E-state index in [1.165, 1.54) is 29.2 Å². The predicted octanol–water partition coefficient (Wildman–Crippen LogP) is 1.72. The van der Waals surface area contributed by atoms with Gasteiger partial charge >= 0.3 is 6.18 Å². The van der Waals surface area contributed by atoms with Crippen LogP contribution in [0.2, 0.25) is 0 Å². The monoisotopic (exact) mass is 427 g/mol. The van der Waals surface area contributed by atoms with E-state index in [9.17, 15) is 37.1 Å². The van der Waals surface area contributed by atoms with Crippen LogP contribution < -0.4 is 10.9 Å². The summed E-state index contributed by atoms with van der Waals surface area (Å²) in [5, 5.41) is 11.9. The molecular formula is C19H17F4N3O4. The highest BCUT2D eigenvalue weighted by molar-refractivity contribution is 6.03. The molecule has 11 heteroatoms. The molecule has 1 aliphatic heterocycles. The Labute approximate surface area is 167 Å². The molecule has 160 valence electrons. The molecule has 1 aliphatic rings. The molecule has 7 nitrogen and oxygen atoms in total. The van der Waals surface area contributed by atoms with E-state index in [4.69, 9.17) is 0 Å².